The van der Waals surface area contributed by atoms with Crippen molar-refractivity contribution in [3.8, 4) is 0 Å². The third-order valence-electron chi connectivity index (χ3n) is 5.13. The fraction of sp³-hybridized carbons (Fsp3) is 0.632. The molecule has 27 heavy (non-hydrogen) atoms. The van der Waals surface area contributed by atoms with Crippen molar-refractivity contribution in [2.24, 2.45) is 0 Å². The van der Waals surface area contributed by atoms with Gasteiger partial charge in [0.2, 0.25) is 5.91 Å². The lowest BCUT2D eigenvalue weighted by molar-refractivity contribution is -0.118. The summed E-state index contributed by atoms with van der Waals surface area (Å²) in [4.78, 5) is 32.3. The number of carbonyl (C=O) groups excluding carboxylic acids is 2. The molecule has 148 valence electrons. The number of carbonyl (C=O) groups is 2. The predicted octanol–water partition coefficient (Wildman–Crippen LogP) is 0.566. The molecule has 1 aromatic rings. The van der Waals surface area contributed by atoms with Crippen molar-refractivity contribution in [3.63, 3.8) is 0 Å². The summed E-state index contributed by atoms with van der Waals surface area (Å²) >= 11 is 0. The third-order valence-corrected chi connectivity index (χ3v) is 5.13. The molecular formula is C19H29N5O3. The number of ether oxygens (including phenoxy) is 1. The molecule has 2 aliphatic rings. The highest BCUT2D eigenvalue weighted by atomic mass is 16.5. The highest BCUT2D eigenvalue weighted by Gasteiger charge is 2.28. The fourth-order valence-electron chi connectivity index (χ4n) is 3.61. The Kier molecular flexibility index (Phi) is 7.00. The summed E-state index contributed by atoms with van der Waals surface area (Å²) in [7, 11) is 0. The minimum Gasteiger partial charge on any atom is -0.379 e. The van der Waals surface area contributed by atoms with E-state index in [9.17, 15) is 9.59 Å². The Morgan fingerprint density at radius 2 is 1.89 bits per heavy atom. The lowest BCUT2D eigenvalue weighted by Gasteiger charge is -2.40. The molecular weight excluding hydrogens is 346 g/mol. The summed E-state index contributed by atoms with van der Waals surface area (Å²) in [6, 6.07) is 4.18. The minimum atomic E-state index is -0.0527. The van der Waals surface area contributed by atoms with Gasteiger partial charge in [-0.1, -0.05) is 0 Å². The molecule has 1 aromatic heterocycles. The summed E-state index contributed by atoms with van der Waals surface area (Å²) in [5, 5.41) is 5.84. The Balaban J connectivity index is 1.44. The number of pyridine rings is 1. The van der Waals surface area contributed by atoms with E-state index in [-0.39, 0.29) is 11.8 Å². The highest BCUT2D eigenvalue weighted by molar-refractivity contribution is 5.94. The van der Waals surface area contributed by atoms with Crippen molar-refractivity contribution >= 4 is 17.6 Å². The van der Waals surface area contributed by atoms with E-state index in [0.29, 0.717) is 30.5 Å². The van der Waals surface area contributed by atoms with E-state index in [1.807, 2.05) is 17.0 Å². The summed E-state index contributed by atoms with van der Waals surface area (Å²) in [5.74, 6) is 0.693. The third kappa shape index (κ3) is 5.64. The van der Waals surface area contributed by atoms with Gasteiger partial charge in [0.15, 0.2) is 0 Å². The fourth-order valence-corrected chi connectivity index (χ4v) is 3.61. The van der Waals surface area contributed by atoms with Crippen molar-refractivity contribution < 1.29 is 14.3 Å². The van der Waals surface area contributed by atoms with Crippen LogP contribution in [-0.2, 0) is 9.53 Å². The van der Waals surface area contributed by atoms with Crippen molar-refractivity contribution in [2.75, 3.05) is 57.8 Å². The van der Waals surface area contributed by atoms with Crippen LogP contribution in [0.4, 0.5) is 5.82 Å². The number of rotatable bonds is 6. The largest absolute Gasteiger partial charge is 0.379 e. The molecule has 2 saturated heterocycles. The van der Waals surface area contributed by atoms with Crippen LogP contribution in [0.2, 0.25) is 0 Å². The van der Waals surface area contributed by atoms with Crippen LogP contribution in [0.1, 0.15) is 30.1 Å². The standard InChI is InChI=1S/C19H29N5O3/c1-15(25)20-6-7-21-18-3-2-16(14-22-18)19(26)24-8-4-17(5-9-24)23-10-12-27-13-11-23/h2-3,14,17H,4-13H2,1H3,(H,20,25)(H,21,22). The molecule has 0 aliphatic carbocycles. The van der Waals surface area contributed by atoms with Crippen LogP contribution in [0.5, 0.6) is 0 Å². The summed E-state index contributed by atoms with van der Waals surface area (Å²) in [6.45, 7) is 7.83. The lowest BCUT2D eigenvalue weighted by Crippen LogP contribution is -2.50. The van der Waals surface area contributed by atoms with Gasteiger partial charge in [-0.2, -0.15) is 0 Å². The molecule has 2 aliphatic heterocycles. The van der Waals surface area contributed by atoms with Gasteiger partial charge < -0.3 is 20.3 Å². The molecule has 3 heterocycles. The zero-order valence-corrected chi connectivity index (χ0v) is 15.9. The van der Waals surface area contributed by atoms with Crippen LogP contribution in [0, 0.1) is 0 Å². The average Bonchev–Trinajstić information content (AvgIpc) is 2.72. The number of aromatic nitrogens is 1. The molecule has 0 saturated carbocycles. The Hall–Kier alpha value is -2.19. The maximum atomic E-state index is 12.7. The number of hydrogen-bond acceptors (Lipinski definition) is 6. The van der Waals surface area contributed by atoms with Crippen LogP contribution < -0.4 is 10.6 Å². The number of hydrogen-bond donors (Lipinski definition) is 2. The monoisotopic (exact) mass is 375 g/mol. The van der Waals surface area contributed by atoms with E-state index in [0.717, 1.165) is 52.2 Å². The number of amides is 2. The van der Waals surface area contributed by atoms with Gasteiger partial charge in [-0.25, -0.2) is 4.98 Å². The van der Waals surface area contributed by atoms with E-state index in [4.69, 9.17) is 4.74 Å². The summed E-state index contributed by atoms with van der Waals surface area (Å²) in [5.41, 5.74) is 0.618. The first-order valence-corrected chi connectivity index (χ1v) is 9.69. The van der Waals surface area contributed by atoms with Gasteiger partial charge in [0.25, 0.3) is 5.91 Å². The number of likely N-dealkylation sites (tertiary alicyclic amines) is 1. The van der Waals surface area contributed by atoms with Crippen molar-refractivity contribution in [2.45, 2.75) is 25.8 Å². The molecule has 0 unspecified atom stereocenters. The van der Waals surface area contributed by atoms with Gasteiger partial charge >= 0.3 is 0 Å². The van der Waals surface area contributed by atoms with E-state index in [2.05, 4.69) is 20.5 Å². The number of nitrogens with zero attached hydrogens (tertiary/aromatic N) is 3. The minimum absolute atomic E-state index is 0.0488. The first-order chi connectivity index (χ1) is 13.1. The number of nitrogens with one attached hydrogen (secondary N) is 2. The van der Waals surface area contributed by atoms with Crippen molar-refractivity contribution in [1.29, 1.82) is 0 Å². The maximum Gasteiger partial charge on any atom is 0.255 e. The van der Waals surface area contributed by atoms with Crippen LogP contribution in [0.15, 0.2) is 18.3 Å². The number of piperidine rings is 1. The van der Waals surface area contributed by atoms with Crippen molar-refractivity contribution in [1.82, 2.24) is 20.1 Å². The molecule has 2 fully saturated rings. The van der Waals surface area contributed by atoms with Crippen LogP contribution in [0.25, 0.3) is 0 Å². The first kappa shape index (κ1) is 19.6. The number of morpholine rings is 1. The molecule has 8 nitrogen and oxygen atoms in total. The molecule has 0 spiro atoms. The first-order valence-electron chi connectivity index (χ1n) is 9.69. The van der Waals surface area contributed by atoms with Gasteiger partial charge in [0, 0.05) is 58.4 Å². The van der Waals surface area contributed by atoms with Crippen LogP contribution in [-0.4, -0.2) is 85.1 Å². The molecule has 2 N–H and O–H groups in total. The van der Waals surface area contributed by atoms with Crippen LogP contribution in [0.3, 0.4) is 0 Å². The topological polar surface area (TPSA) is 86.8 Å². The molecule has 0 aromatic carbocycles. The predicted molar refractivity (Wildman–Crippen MR) is 103 cm³/mol. The Morgan fingerprint density at radius 3 is 2.52 bits per heavy atom. The van der Waals surface area contributed by atoms with Gasteiger partial charge in [-0.15, -0.1) is 0 Å². The summed E-state index contributed by atoms with van der Waals surface area (Å²) in [6.07, 6.45) is 3.65. The van der Waals surface area contributed by atoms with Gasteiger partial charge in [-0.3, -0.25) is 14.5 Å². The van der Waals surface area contributed by atoms with Gasteiger partial charge in [0.05, 0.1) is 18.8 Å². The molecule has 0 bridgehead atoms. The SMILES string of the molecule is CC(=O)NCCNc1ccc(C(=O)N2CCC(N3CCOCC3)CC2)cn1. The van der Waals surface area contributed by atoms with Gasteiger partial charge in [0.1, 0.15) is 5.82 Å². The van der Waals surface area contributed by atoms with E-state index < -0.39 is 0 Å². The zero-order chi connectivity index (χ0) is 19.1. The molecule has 3 rings (SSSR count). The number of anilines is 1. The van der Waals surface area contributed by atoms with E-state index in [1.54, 1.807) is 6.20 Å². The second-order valence-corrected chi connectivity index (χ2v) is 7.01. The highest BCUT2D eigenvalue weighted by Crippen LogP contribution is 2.19. The van der Waals surface area contributed by atoms with Crippen molar-refractivity contribution in [3.05, 3.63) is 23.9 Å². The van der Waals surface area contributed by atoms with E-state index in [1.165, 1.54) is 6.92 Å². The van der Waals surface area contributed by atoms with Gasteiger partial charge in [-0.05, 0) is 25.0 Å². The average molecular weight is 375 g/mol. The van der Waals surface area contributed by atoms with E-state index >= 15 is 0 Å². The maximum absolute atomic E-state index is 12.7. The summed E-state index contributed by atoms with van der Waals surface area (Å²) < 4.78 is 5.42. The Bertz CT molecular complexity index is 623. The molecule has 2 amide bonds. The normalized spacial score (nSPS) is 18.9. The second-order valence-electron chi connectivity index (χ2n) is 7.01. The smallest absolute Gasteiger partial charge is 0.255 e. The van der Waals surface area contributed by atoms with Crippen LogP contribution >= 0.6 is 0 Å². The lowest BCUT2D eigenvalue weighted by atomic mass is 10.0. The molecule has 8 heteroatoms. The second kappa shape index (κ2) is 9.66. The molecule has 0 radical (unpaired) electrons. The Morgan fingerprint density at radius 1 is 1.15 bits per heavy atom. The quantitative estimate of drug-likeness (QED) is 0.707. The Labute approximate surface area is 160 Å². The zero-order valence-electron chi connectivity index (χ0n) is 15.9. The molecule has 0 atom stereocenters.